The van der Waals surface area contributed by atoms with Gasteiger partial charge < -0.3 is 10.6 Å². The molecule has 0 heterocycles. The van der Waals surface area contributed by atoms with Gasteiger partial charge in [0.2, 0.25) is 11.8 Å². The molecular formula is C24H17Cl2N3O4. The lowest BCUT2D eigenvalue weighted by atomic mass is 10.2. The molecule has 0 aliphatic carbocycles. The number of nitrogens with zero attached hydrogens (tertiary/aromatic N) is 1. The summed E-state index contributed by atoms with van der Waals surface area (Å²) < 4.78 is 0. The number of benzene rings is 3. The first-order valence-electron chi connectivity index (χ1n) is 9.58. The highest BCUT2D eigenvalue weighted by atomic mass is 35.5. The van der Waals surface area contributed by atoms with Gasteiger partial charge in [0, 0.05) is 34.0 Å². The second-order valence-corrected chi connectivity index (χ2v) is 7.62. The normalized spacial score (nSPS) is 11.0. The van der Waals surface area contributed by atoms with Gasteiger partial charge in [0.25, 0.3) is 5.69 Å². The highest BCUT2D eigenvalue weighted by Crippen LogP contribution is 2.28. The molecule has 0 fully saturated rings. The number of halogens is 2. The molecule has 0 unspecified atom stereocenters. The van der Waals surface area contributed by atoms with Crippen LogP contribution in [0.1, 0.15) is 11.1 Å². The van der Waals surface area contributed by atoms with Gasteiger partial charge in [-0.3, -0.25) is 19.7 Å². The molecule has 7 nitrogen and oxygen atoms in total. The van der Waals surface area contributed by atoms with Gasteiger partial charge in [-0.2, -0.15) is 0 Å². The standard InChI is InChI=1S/C24H17Cl2N3O4/c25-18-5-1-3-16(13-18)7-11-23(30)27-20-9-10-22(29(32)33)21(15-20)28-24(31)12-8-17-4-2-6-19(26)14-17/h1-15H,(H,27,30)(H,28,31). The maximum atomic E-state index is 12.3. The molecule has 0 aromatic heterocycles. The van der Waals surface area contributed by atoms with E-state index >= 15 is 0 Å². The molecule has 9 heteroatoms. The van der Waals surface area contributed by atoms with Crippen LogP contribution in [0.5, 0.6) is 0 Å². The average Bonchev–Trinajstić information content (AvgIpc) is 2.76. The molecule has 3 aromatic carbocycles. The van der Waals surface area contributed by atoms with Crippen molar-refractivity contribution in [2.75, 3.05) is 10.6 Å². The predicted octanol–water partition coefficient (Wildman–Crippen LogP) is 6.21. The number of carbonyl (C=O) groups excluding carboxylic acids is 2. The third-order valence-electron chi connectivity index (χ3n) is 4.27. The van der Waals surface area contributed by atoms with E-state index in [-0.39, 0.29) is 17.1 Å². The van der Waals surface area contributed by atoms with Gasteiger partial charge in [0.05, 0.1) is 4.92 Å². The fraction of sp³-hybridized carbons (Fsp3) is 0. The summed E-state index contributed by atoms with van der Waals surface area (Å²) in [6.07, 6.45) is 5.64. The third-order valence-corrected chi connectivity index (χ3v) is 4.74. The molecule has 0 aliphatic rings. The maximum absolute atomic E-state index is 12.3. The zero-order chi connectivity index (χ0) is 23.8. The Bertz CT molecular complexity index is 1270. The van der Waals surface area contributed by atoms with E-state index in [4.69, 9.17) is 23.2 Å². The number of anilines is 2. The van der Waals surface area contributed by atoms with Gasteiger partial charge in [0.1, 0.15) is 5.69 Å². The Hall–Kier alpha value is -3.94. The number of amides is 2. The van der Waals surface area contributed by atoms with E-state index in [9.17, 15) is 19.7 Å². The first-order valence-corrected chi connectivity index (χ1v) is 10.3. The highest BCUT2D eigenvalue weighted by molar-refractivity contribution is 6.31. The topological polar surface area (TPSA) is 101 Å². The predicted molar refractivity (Wildman–Crippen MR) is 131 cm³/mol. The molecule has 0 saturated carbocycles. The molecule has 166 valence electrons. The number of nitro benzene ring substituents is 1. The minimum Gasteiger partial charge on any atom is -0.322 e. The minimum atomic E-state index is -0.624. The van der Waals surface area contributed by atoms with Crippen molar-refractivity contribution in [1.29, 1.82) is 0 Å². The lowest BCUT2D eigenvalue weighted by molar-refractivity contribution is -0.383. The zero-order valence-electron chi connectivity index (χ0n) is 17.0. The van der Waals surface area contributed by atoms with E-state index in [0.717, 1.165) is 5.56 Å². The molecule has 0 spiro atoms. The minimum absolute atomic E-state index is 0.0580. The van der Waals surface area contributed by atoms with E-state index < -0.39 is 16.7 Å². The van der Waals surface area contributed by atoms with Crippen molar-refractivity contribution < 1.29 is 14.5 Å². The number of carbonyl (C=O) groups is 2. The van der Waals surface area contributed by atoms with Crippen LogP contribution in [0.15, 0.2) is 78.9 Å². The summed E-state index contributed by atoms with van der Waals surface area (Å²) in [7, 11) is 0. The van der Waals surface area contributed by atoms with Crippen molar-refractivity contribution in [2.45, 2.75) is 0 Å². The Kier molecular flexibility index (Phi) is 7.96. The van der Waals surface area contributed by atoms with Crippen molar-refractivity contribution in [3.05, 3.63) is 110 Å². The smallest absolute Gasteiger partial charge is 0.292 e. The third kappa shape index (κ3) is 7.31. The number of hydrogen-bond donors (Lipinski definition) is 2. The first-order chi connectivity index (χ1) is 15.8. The number of nitro groups is 1. The quantitative estimate of drug-likeness (QED) is 0.238. The molecule has 3 rings (SSSR count). The van der Waals surface area contributed by atoms with Crippen LogP contribution in [0, 0.1) is 10.1 Å². The van der Waals surface area contributed by atoms with Crippen molar-refractivity contribution in [1.82, 2.24) is 0 Å². The number of hydrogen-bond acceptors (Lipinski definition) is 4. The fourth-order valence-corrected chi connectivity index (χ4v) is 3.19. The van der Waals surface area contributed by atoms with Crippen LogP contribution in [-0.2, 0) is 9.59 Å². The molecule has 2 N–H and O–H groups in total. The summed E-state index contributed by atoms with van der Waals surface area (Å²) in [4.78, 5) is 35.3. The van der Waals surface area contributed by atoms with Crippen molar-refractivity contribution >= 4 is 64.2 Å². The Morgan fingerprint density at radius 2 is 1.33 bits per heavy atom. The van der Waals surface area contributed by atoms with Crippen LogP contribution >= 0.6 is 23.2 Å². The van der Waals surface area contributed by atoms with Gasteiger partial charge in [-0.1, -0.05) is 47.5 Å². The van der Waals surface area contributed by atoms with Crippen molar-refractivity contribution in [2.24, 2.45) is 0 Å². The SMILES string of the molecule is O=C(C=Cc1cccc(Cl)c1)Nc1ccc([N+](=O)[O-])c(NC(=O)C=Cc2cccc(Cl)c2)c1. The van der Waals surface area contributed by atoms with Crippen LogP contribution in [0.25, 0.3) is 12.2 Å². The van der Waals surface area contributed by atoms with Crippen LogP contribution in [0.3, 0.4) is 0 Å². The van der Waals surface area contributed by atoms with Gasteiger partial charge in [-0.05, 0) is 59.7 Å². The molecular weight excluding hydrogens is 465 g/mol. The molecule has 0 bridgehead atoms. The summed E-state index contributed by atoms with van der Waals surface area (Å²) in [6, 6.07) is 17.7. The Morgan fingerprint density at radius 1 is 0.788 bits per heavy atom. The van der Waals surface area contributed by atoms with Crippen LogP contribution in [0.4, 0.5) is 17.1 Å². The van der Waals surface area contributed by atoms with E-state index in [2.05, 4.69) is 10.6 Å². The Labute approximate surface area is 199 Å². The summed E-state index contributed by atoms with van der Waals surface area (Å²) in [5, 5.41) is 17.5. The summed E-state index contributed by atoms with van der Waals surface area (Å²) in [5.74, 6) is -1.04. The molecule has 0 radical (unpaired) electrons. The molecule has 33 heavy (non-hydrogen) atoms. The Balaban J connectivity index is 1.72. The second-order valence-electron chi connectivity index (χ2n) is 6.74. The van der Waals surface area contributed by atoms with E-state index in [1.165, 1.54) is 36.4 Å². The fourth-order valence-electron chi connectivity index (χ4n) is 2.80. The molecule has 0 saturated heterocycles. The summed E-state index contributed by atoms with van der Waals surface area (Å²) in [5.41, 5.74) is 1.33. The highest BCUT2D eigenvalue weighted by Gasteiger charge is 2.16. The first kappa shape index (κ1) is 23.7. The average molecular weight is 482 g/mol. The Morgan fingerprint density at radius 3 is 1.85 bits per heavy atom. The van der Waals surface area contributed by atoms with Crippen LogP contribution < -0.4 is 10.6 Å². The molecule has 3 aromatic rings. The number of rotatable bonds is 7. The van der Waals surface area contributed by atoms with Crippen molar-refractivity contribution in [3.8, 4) is 0 Å². The summed E-state index contributed by atoms with van der Waals surface area (Å²) >= 11 is 11.8. The van der Waals surface area contributed by atoms with E-state index in [1.807, 2.05) is 0 Å². The zero-order valence-corrected chi connectivity index (χ0v) is 18.5. The molecule has 0 aliphatic heterocycles. The maximum Gasteiger partial charge on any atom is 0.292 e. The molecule has 0 atom stereocenters. The van der Waals surface area contributed by atoms with Crippen molar-refractivity contribution in [3.63, 3.8) is 0 Å². The lowest BCUT2D eigenvalue weighted by Gasteiger charge is -2.08. The van der Waals surface area contributed by atoms with Crippen LogP contribution in [-0.4, -0.2) is 16.7 Å². The van der Waals surface area contributed by atoms with Gasteiger partial charge >= 0.3 is 0 Å². The number of nitrogens with one attached hydrogen (secondary N) is 2. The second kappa shape index (κ2) is 11.1. The largest absolute Gasteiger partial charge is 0.322 e. The lowest BCUT2D eigenvalue weighted by Crippen LogP contribution is -2.12. The monoisotopic (exact) mass is 481 g/mol. The van der Waals surface area contributed by atoms with E-state index in [1.54, 1.807) is 54.6 Å². The van der Waals surface area contributed by atoms with Gasteiger partial charge in [0.15, 0.2) is 0 Å². The summed E-state index contributed by atoms with van der Waals surface area (Å²) in [6.45, 7) is 0. The van der Waals surface area contributed by atoms with Gasteiger partial charge in [-0.25, -0.2) is 0 Å². The molecule has 2 amide bonds. The van der Waals surface area contributed by atoms with Crippen LogP contribution in [0.2, 0.25) is 10.0 Å². The van der Waals surface area contributed by atoms with Gasteiger partial charge in [-0.15, -0.1) is 0 Å². The van der Waals surface area contributed by atoms with E-state index in [0.29, 0.717) is 15.6 Å².